The van der Waals surface area contributed by atoms with E-state index in [0.29, 0.717) is 5.75 Å². The first-order chi connectivity index (χ1) is 9.97. The number of alkyl halides is 3. The number of hydrogen-bond acceptors (Lipinski definition) is 3. The summed E-state index contributed by atoms with van der Waals surface area (Å²) < 4.78 is 47.7. The molecule has 7 heteroatoms. The molecule has 1 amide bonds. The van der Waals surface area contributed by atoms with Crippen molar-refractivity contribution in [3.63, 3.8) is 0 Å². The van der Waals surface area contributed by atoms with Gasteiger partial charge in [-0.2, -0.15) is 13.2 Å². The molecule has 4 nitrogen and oxygen atoms in total. The van der Waals surface area contributed by atoms with Crippen molar-refractivity contribution in [3.8, 4) is 5.75 Å². The van der Waals surface area contributed by atoms with Gasteiger partial charge in [0, 0.05) is 6.54 Å². The van der Waals surface area contributed by atoms with Gasteiger partial charge in [0.25, 0.3) is 0 Å². The number of carbonyl (C=O) groups excluding carboxylic acids is 1. The minimum absolute atomic E-state index is 0.0411. The first-order valence-corrected chi connectivity index (χ1v) is 6.61. The number of nitrogens with zero attached hydrogens (tertiary/aromatic N) is 1. The van der Waals surface area contributed by atoms with Gasteiger partial charge in [0.1, 0.15) is 5.75 Å². The normalized spacial score (nSPS) is 19.4. The summed E-state index contributed by atoms with van der Waals surface area (Å²) in [5, 5.41) is 0. The Hall–Kier alpha value is -1.76. The van der Waals surface area contributed by atoms with Gasteiger partial charge in [0.15, 0.2) is 6.10 Å². The molecule has 2 rings (SSSR count). The summed E-state index contributed by atoms with van der Waals surface area (Å²) in [5.74, 6) is 0.268. The highest BCUT2D eigenvalue weighted by atomic mass is 19.4. The maximum atomic E-state index is 12.6. The quantitative estimate of drug-likeness (QED) is 0.856. The Balaban J connectivity index is 1.78. The zero-order chi connectivity index (χ0) is 15.3. The molecule has 116 valence electrons. The summed E-state index contributed by atoms with van der Waals surface area (Å²) in [7, 11) is 0. The Morgan fingerprint density at radius 3 is 2.71 bits per heavy atom. The van der Waals surface area contributed by atoms with Crippen LogP contribution >= 0.6 is 0 Å². The summed E-state index contributed by atoms with van der Waals surface area (Å²) in [6.45, 7) is -0.239. The molecule has 1 atom stereocenters. The second-order valence-corrected chi connectivity index (χ2v) is 4.65. The molecule has 0 saturated carbocycles. The minimum Gasteiger partial charge on any atom is -0.493 e. The SMILES string of the molecule is O=C(CCOc1ccccc1)N1CCOC(C(F)(F)F)C1. The van der Waals surface area contributed by atoms with E-state index >= 15 is 0 Å². The van der Waals surface area contributed by atoms with Crippen LogP contribution in [0.4, 0.5) is 13.2 Å². The topological polar surface area (TPSA) is 38.8 Å². The Morgan fingerprint density at radius 1 is 1.33 bits per heavy atom. The van der Waals surface area contributed by atoms with Gasteiger partial charge >= 0.3 is 6.18 Å². The van der Waals surface area contributed by atoms with E-state index in [1.54, 1.807) is 24.3 Å². The number of morpholine rings is 1. The lowest BCUT2D eigenvalue weighted by molar-refractivity contribution is -0.236. The number of benzene rings is 1. The fraction of sp³-hybridized carbons (Fsp3) is 0.500. The van der Waals surface area contributed by atoms with Gasteiger partial charge in [0.05, 0.1) is 26.2 Å². The van der Waals surface area contributed by atoms with E-state index in [0.717, 1.165) is 0 Å². The van der Waals surface area contributed by atoms with Gasteiger partial charge in [-0.15, -0.1) is 0 Å². The van der Waals surface area contributed by atoms with Crippen molar-refractivity contribution in [2.45, 2.75) is 18.7 Å². The van der Waals surface area contributed by atoms with E-state index in [1.165, 1.54) is 4.90 Å². The van der Waals surface area contributed by atoms with Crippen LogP contribution in [0, 0.1) is 0 Å². The number of halogens is 3. The van der Waals surface area contributed by atoms with E-state index in [9.17, 15) is 18.0 Å². The smallest absolute Gasteiger partial charge is 0.416 e. The molecule has 0 aliphatic carbocycles. The molecule has 0 N–H and O–H groups in total. The van der Waals surface area contributed by atoms with Crippen molar-refractivity contribution in [1.29, 1.82) is 0 Å². The summed E-state index contributed by atoms with van der Waals surface area (Å²) in [6.07, 6.45) is -6.30. The molecular formula is C14H16F3NO3. The molecule has 1 aliphatic heterocycles. The Kier molecular flexibility index (Phi) is 5.06. The van der Waals surface area contributed by atoms with Crippen molar-refractivity contribution in [3.05, 3.63) is 30.3 Å². The van der Waals surface area contributed by atoms with E-state index < -0.39 is 18.8 Å². The van der Waals surface area contributed by atoms with E-state index in [1.807, 2.05) is 6.07 Å². The number of hydrogen-bond donors (Lipinski definition) is 0. The lowest BCUT2D eigenvalue weighted by Gasteiger charge is -2.33. The predicted octanol–water partition coefficient (Wildman–Crippen LogP) is 2.25. The standard InChI is InChI=1S/C14H16F3NO3/c15-14(16,17)12-10-18(7-9-21-12)13(19)6-8-20-11-4-2-1-3-5-11/h1-5,12H,6-10H2. The first kappa shape index (κ1) is 15.6. The molecule has 0 bridgehead atoms. The zero-order valence-electron chi connectivity index (χ0n) is 11.3. The van der Waals surface area contributed by atoms with Crippen molar-refractivity contribution >= 4 is 5.91 Å². The van der Waals surface area contributed by atoms with Gasteiger partial charge < -0.3 is 14.4 Å². The number of amides is 1. The Morgan fingerprint density at radius 2 is 2.05 bits per heavy atom. The summed E-state index contributed by atoms with van der Waals surface area (Å²) in [4.78, 5) is 13.1. The number of rotatable bonds is 4. The van der Waals surface area contributed by atoms with Crippen molar-refractivity contribution in [2.75, 3.05) is 26.3 Å². The van der Waals surface area contributed by atoms with Gasteiger partial charge in [-0.25, -0.2) is 0 Å². The maximum Gasteiger partial charge on any atom is 0.416 e. The monoisotopic (exact) mass is 303 g/mol. The summed E-state index contributed by atoms with van der Waals surface area (Å²) in [5.41, 5.74) is 0. The third-order valence-electron chi connectivity index (χ3n) is 3.11. The molecule has 1 aromatic rings. The average molecular weight is 303 g/mol. The zero-order valence-corrected chi connectivity index (χ0v) is 11.3. The predicted molar refractivity (Wildman–Crippen MR) is 68.9 cm³/mol. The molecule has 1 aromatic carbocycles. The van der Waals surface area contributed by atoms with Gasteiger partial charge in [0.2, 0.25) is 5.91 Å². The molecule has 0 aromatic heterocycles. The fourth-order valence-corrected chi connectivity index (χ4v) is 2.00. The highest BCUT2D eigenvalue weighted by Gasteiger charge is 2.44. The molecule has 0 radical (unpaired) electrons. The minimum atomic E-state index is -4.44. The molecule has 1 aliphatic rings. The van der Waals surface area contributed by atoms with Crippen LogP contribution in [-0.4, -0.2) is 49.4 Å². The Bertz CT molecular complexity index is 464. The van der Waals surface area contributed by atoms with E-state index in [4.69, 9.17) is 4.74 Å². The van der Waals surface area contributed by atoms with Crippen LogP contribution < -0.4 is 4.74 Å². The van der Waals surface area contributed by atoms with Crippen LogP contribution in [0.2, 0.25) is 0 Å². The molecular weight excluding hydrogens is 287 g/mol. The van der Waals surface area contributed by atoms with Crippen LogP contribution in [0.3, 0.4) is 0 Å². The molecule has 1 saturated heterocycles. The lowest BCUT2D eigenvalue weighted by Crippen LogP contribution is -2.51. The second kappa shape index (κ2) is 6.80. The third-order valence-corrected chi connectivity index (χ3v) is 3.11. The average Bonchev–Trinajstić information content (AvgIpc) is 2.47. The lowest BCUT2D eigenvalue weighted by atomic mass is 10.2. The van der Waals surface area contributed by atoms with Gasteiger partial charge in [-0.3, -0.25) is 4.79 Å². The van der Waals surface area contributed by atoms with E-state index in [2.05, 4.69) is 4.74 Å². The molecule has 1 heterocycles. The van der Waals surface area contributed by atoms with Gasteiger partial charge in [-0.05, 0) is 12.1 Å². The van der Waals surface area contributed by atoms with Crippen LogP contribution in [0.25, 0.3) is 0 Å². The first-order valence-electron chi connectivity index (χ1n) is 6.61. The van der Waals surface area contributed by atoms with E-state index in [-0.39, 0.29) is 32.1 Å². The maximum absolute atomic E-state index is 12.6. The second-order valence-electron chi connectivity index (χ2n) is 4.65. The molecule has 0 spiro atoms. The fourth-order valence-electron chi connectivity index (χ4n) is 2.00. The Labute approximate surface area is 120 Å². The highest BCUT2D eigenvalue weighted by Crippen LogP contribution is 2.25. The summed E-state index contributed by atoms with van der Waals surface area (Å²) in [6, 6.07) is 8.93. The van der Waals surface area contributed by atoms with Crippen molar-refractivity contribution in [1.82, 2.24) is 4.90 Å². The largest absolute Gasteiger partial charge is 0.493 e. The van der Waals surface area contributed by atoms with Crippen LogP contribution in [0.5, 0.6) is 5.75 Å². The van der Waals surface area contributed by atoms with Crippen LogP contribution in [-0.2, 0) is 9.53 Å². The molecule has 21 heavy (non-hydrogen) atoms. The van der Waals surface area contributed by atoms with Gasteiger partial charge in [-0.1, -0.05) is 18.2 Å². The van der Waals surface area contributed by atoms with Crippen LogP contribution in [0.15, 0.2) is 30.3 Å². The van der Waals surface area contributed by atoms with Crippen molar-refractivity contribution in [2.24, 2.45) is 0 Å². The van der Waals surface area contributed by atoms with Crippen LogP contribution in [0.1, 0.15) is 6.42 Å². The number of para-hydroxylation sites is 1. The third kappa shape index (κ3) is 4.63. The van der Waals surface area contributed by atoms with Crippen molar-refractivity contribution < 1.29 is 27.4 Å². The summed E-state index contributed by atoms with van der Waals surface area (Å²) >= 11 is 0. The number of ether oxygens (including phenoxy) is 2. The molecule has 1 unspecified atom stereocenters. The molecule has 1 fully saturated rings. The highest BCUT2D eigenvalue weighted by molar-refractivity contribution is 5.76. The number of carbonyl (C=O) groups is 1.